The van der Waals surface area contributed by atoms with E-state index in [0.29, 0.717) is 5.82 Å². The third-order valence-electron chi connectivity index (χ3n) is 4.07. The van der Waals surface area contributed by atoms with Gasteiger partial charge in [-0.05, 0) is 42.8 Å². The van der Waals surface area contributed by atoms with Gasteiger partial charge in [-0.1, -0.05) is 23.7 Å². The van der Waals surface area contributed by atoms with Crippen LogP contribution in [-0.2, 0) is 0 Å². The van der Waals surface area contributed by atoms with Gasteiger partial charge < -0.3 is 10.5 Å². The van der Waals surface area contributed by atoms with Crippen molar-refractivity contribution in [1.29, 1.82) is 0 Å². The Morgan fingerprint density at radius 2 is 1.88 bits per heavy atom. The fourth-order valence-electron chi connectivity index (χ4n) is 2.77. The van der Waals surface area contributed by atoms with Crippen molar-refractivity contribution in [1.82, 2.24) is 9.78 Å². The van der Waals surface area contributed by atoms with E-state index in [0.717, 1.165) is 37.1 Å². The summed E-state index contributed by atoms with van der Waals surface area (Å²) >= 11 is 8.23. The second-order valence-electron chi connectivity index (χ2n) is 5.81. The number of nitrogen functional groups attached to an aromatic ring is 1. The summed E-state index contributed by atoms with van der Waals surface area (Å²) in [6, 6.07) is 15.7. The summed E-state index contributed by atoms with van der Waals surface area (Å²) in [4.78, 5) is 0.932. The van der Waals surface area contributed by atoms with E-state index in [4.69, 9.17) is 22.1 Å². The molecule has 25 heavy (non-hydrogen) atoms. The number of aromatic nitrogens is 2. The minimum atomic E-state index is 0.560. The van der Waals surface area contributed by atoms with Crippen molar-refractivity contribution < 1.29 is 4.74 Å². The predicted molar refractivity (Wildman–Crippen MR) is 105 cm³/mol. The Labute approximate surface area is 154 Å². The number of fused-ring (bicyclic) bond motifs is 1. The van der Waals surface area contributed by atoms with Gasteiger partial charge in [0.1, 0.15) is 17.3 Å². The van der Waals surface area contributed by atoms with E-state index in [1.54, 1.807) is 23.1 Å². The number of hydrogen-bond donors (Lipinski definition) is 1. The SMILES string of the molecule is COc1ccc(-n2nc(-c3sc4cc(C)ccc4c3Cl)cc2N)cc1. The minimum absolute atomic E-state index is 0.560. The third-order valence-corrected chi connectivity index (χ3v) is 5.75. The molecule has 2 heterocycles. The molecule has 4 aromatic rings. The van der Waals surface area contributed by atoms with Gasteiger partial charge in [0.15, 0.2) is 0 Å². The van der Waals surface area contributed by atoms with Gasteiger partial charge in [0.25, 0.3) is 0 Å². The van der Waals surface area contributed by atoms with Crippen molar-refractivity contribution in [3.05, 3.63) is 59.1 Å². The first-order chi connectivity index (χ1) is 12.1. The second kappa shape index (κ2) is 6.10. The Morgan fingerprint density at radius 1 is 1.12 bits per heavy atom. The maximum absolute atomic E-state index is 6.60. The van der Waals surface area contributed by atoms with Crippen molar-refractivity contribution in [2.24, 2.45) is 0 Å². The third kappa shape index (κ3) is 2.75. The summed E-state index contributed by atoms with van der Waals surface area (Å²) in [6.07, 6.45) is 0. The van der Waals surface area contributed by atoms with Gasteiger partial charge in [-0.3, -0.25) is 0 Å². The molecule has 0 saturated carbocycles. The molecule has 6 heteroatoms. The zero-order chi connectivity index (χ0) is 17.6. The number of methoxy groups -OCH3 is 1. The lowest BCUT2D eigenvalue weighted by atomic mass is 10.2. The molecule has 0 radical (unpaired) electrons. The normalized spacial score (nSPS) is 11.2. The van der Waals surface area contributed by atoms with Gasteiger partial charge in [-0.25, -0.2) is 4.68 Å². The minimum Gasteiger partial charge on any atom is -0.497 e. The van der Waals surface area contributed by atoms with Crippen LogP contribution in [0.15, 0.2) is 48.5 Å². The van der Waals surface area contributed by atoms with Crippen LogP contribution in [0.3, 0.4) is 0 Å². The van der Waals surface area contributed by atoms with Crippen molar-refractivity contribution in [2.45, 2.75) is 6.92 Å². The van der Waals surface area contributed by atoms with Crippen molar-refractivity contribution in [2.75, 3.05) is 12.8 Å². The van der Waals surface area contributed by atoms with Gasteiger partial charge in [-0.2, -0.15) is 5.10 Å². The molecular formula is C19H16ClN3OS. The highest BCUT2D eigenvalue weighted by atomic mass is 35.5. The van der Waals surface area contributed by atoms with Crippen LogP contribution in [0.4, 0.5) is 5.82 Å². The zero-order valence-corrected chi connectivity index (χ0v) is 15.4. The number of thiophene rings is 1. The number of benzene rings is 2. The molecule has 2 aromatic carbocycles. The highest BCUT2D eigenvalue weighted by molar-refractivity contribution is 7.23. The summed E-state index contributed by atoms with van der Waals surface area (Å²) in [6.45, 7) is 2.07. The van der Waals surface area contributed by atoms with Crippen LogP contribution in [-0.4, -0.2) is 16.9 Å². The number of ether oxygens (including phenoxy) is 1. The smallest absolute Gasteiger partial charge is 0.127 e. The highest BCUT2D eigenvalue weighted by Gasteiger charge is 2.17. The molecular weight excluding hydrogens is 354 g/mol. The number of anilines is 1. The van der Waals surface area contributed by atoms with Crippen LogP contribution in [0, 0.1) is 6.92 Å². The van der Waals surface area contributed by atoms with Crippen LogP contribution < -0.4 is 10.5 Å². The number of nitrogens with zero attached hydrogens (tertiary/aromatic N) is 2. The molecule has 126 valence electrons. The van der Waals surface area contributed by atoms with Gasteiger partial charge >= 0.3 is 0 Å². The lowest BCUT2D eigenvalue weighted by Crippen LogP contribution is -2.01. The number of aryl methyl sites for hydroxylation is 1. The summed E-state index contributed by atoms with van der Waals surface area (Å²) in [5, 5.41) is 6.43. The summed E-state index contributed by atoms with van der Waals surface area (Å²) < 4.78 is 8.05. The molecule has 0 aliphatic rings. The molecule has 2 N–H and O–H groups in total. The van der Waals surface area contributed by atoms with Crippen molar-refractivity contribution >= 4 is 38.8 Å². The fraction of sp³-hybridized carbons (Fsp3) is 0.105. The van der Waals surface area contributed by atoms with Crippen LogP contribution in [0.1, 0.15) is 5.56 Å². The first-order valence-corrected chi connectivity index (χ1v) is 8.95. The molecule has 4 rings (SSSR count). The quantitative estimate of drug-likeness (QED) is 0.532. The van der Waals surface area contributed by atoms with E-state index in [1.807, 2.05) is 30.3 Å². The van der Waals surface area contributed by atoms with E-state index >= 15 is 0 Å². The molecule has 4 nitrogen and oxygen atoms in total. The molecule has 0 bridgehead atoms. The first kappa shape index (κ1) is 16.0. The van der Waals surface area contributed by atoms with Crippen LogP contribution >= 0.6 is 22.9 Å². The molecule has 0 amide bonds. The summed E-state index contributed by atoms with van der Waals surface area (Å²) in [7, 11) is 1.64. The van der Waals surface area contributed by atoms with E-state index in [1.165, 1.54) is 5.56 Å². The lowest BCUT2D eigenvalue weighted by molar-refractivity contribution is 0.414. The monoisotopic (exact) mass is 369 g/mol. The first-order valence-electron chi connectivity index (χ1n) is 7.76. The number of hydrogen-bond acceptors (Lipinski definition) is 4. The Kier molecular flexibility index (Phi) is 3.90. The predicted octanol–water partition coefficient (Wildman–Crippen LogP) is 5.31. The Hall–Kier alpha value is -2.50. The maximum atomic E-state index is 6.60. The van der Waals surface area contributed by atoms with E-state index < -0.39 is 0 Å². The second-order valence-corrected chi connectivity index (χ2v) is 7.24. The average Bonchev–Trinajstić information content (AvgIpc) is 3.15. The number of nitrogens with two attached hydrogens (primary N) is 1. The maximum Gasteiger partial charge on any atom is 0.127 e. The largest absolute Gasteiger partial charge is 0.497 e. The van der Waals surface area contributed by atoms with Crippen LogP contribution in [0.25, 0.3) is 26.3 Å². The van der Waals surface area contributed by atoms with E-state index in [-0.39, 0.29) is 0 Å². The Bertz CT molecular complexity index is 1070. The number of halogens is 1. The molecule has 0 atom stereocenters. The molecule has 0 saturated heterocycles. The van der Waals surface area contributed by atoms with E-state index in [9.17, 15) is 0 Å². The van der Waals surface area contributed by atoms with Crippen LogP contribution in [0.2, 0.25) is 5.02 Å². The summed E-state index contributed by atoms with van der Waals surface area (Å²) in [5.74, 6) is 1.35. The van der Waals surface area contributed by atoms with Gasteiger partial charge in [-0.15, -0.1) is 11.3 Å². The van der Waals surface area contributed by atoms with E-state index in [2.05, 4.69) is 30.2 Å². The van der Waals surface area contributed by atoms with Gasteiger partial charge in [0.05, 0.1) is 22.7 Å². The molecule has 0 spiro atoms. The molecule has 2 aromatic heterocycles. The Morgan fingerprint density at radius 3 is 2.60 bits per heavy atom. The van der Waals surface area contributed by atoms with Crippen molar-refractivity contribution in [3.8, 4) is 22.0 Å². The lowest BCUT2D eigenvalue weighted by Gasteiger charge is -2.05. The topological polar surface area (TPSA) is 53.1 Å². The summed E-state index contributed by atoms with van der Waals surface area (Å²) in [5.41, 5.74) is 9.04. The molecule has 0 fully saturated rings. The molecule has 0 aliphatic heterocycles. The highest BCUT2D eigenvalue weighted by Crippen LogP contribution is 2.42. The standard InChI is InChI=1S/C19H16ClN3OS/c1-11-3-8-14-16(9-11)25-19(18(14)20)15-10-17(21)23(22-15)12-4-6-13(24-2)7-5-12/h3-10H,21H2,1-2H3. The van der Waals surface area contributed by atoms with Crippen LogP contribution in [0.5, 0.6) is 5.75 Å². The zero-order valence-electron chi connectivity index (χ0n) is 13.8. The molecule has 0 aliphatic carbocycles. The van der Waals surface area contributed by atoms with Gasteiger partial charge in [0.2, 0.25) is 0 Å². The Balaban J connectivity index is 1.81. The average molecular weight is 370 g/mol. The van der Waals surface area contributed by atoms with Gasteiger partial charge in [0, 0.05) is 16.2 Å². The number of rotatable bonds is 3. The van der Waals surface area contributed by atoms with Crippen molar-refractivity contribution in [3.63, 3.8) is 0 Å². The molecule has 0 unspecified atom stereocenters. The fourth-order valence-corrected chi connectivity index (χ4v) is 4.36.